The molecule has 1 unspecified atom stereocenters. The van der Waals surface area contributed by atoms with E-state index in [1.165, 1.54) is 12.2 Å². The third kappa shape index (κ3) is 2.98. The summed E-state index contributed by atoms with van der Waals surface area (Å²) in [6.45, 7) is 5.86. The molecule has 0 amide bonds. The van der Waals surface area contributed by atoms with Crippen LogP contribution in [-0.4, -0.2) is 32.4 Å². The highest BCUT2D eigenvalue weighted by Crippen LogP contribution is 2.26. The highest BCUT2D eigenvalue weighted by atomic mass is 16.5. The van der Waals surface area contributed by atoms with Gasteiger partial charge in [0.1, 0.15) is 5.76 Å². The van der Waals surface area contributed by atoms with Gasteiger partial charge in [-0.3, -0.25) is 0 Å². The fourth-order valence-corrected chi connectivity index (χ4v) is 2.56. The third-order valence-corrected chi connectivity index (χ3v) is 3.43. The SMILES string of the molecule is CCNC(C1=CCCCO1)C1CCOCC1. The van der Waals surface area contributed by atoms with Gasteiger partial charge in [-0.15, -0.1) is 0 Å². The predicted molar refractivity (Wildman–Crippen MR) is 64.3 cm³/mol. The largest absolute Gasteiger partial charge is 0.497 e. The Labute approximate surface area is 98.2 Å². The molecule has 0 spiro atoms. The number of rotatable bonds is 4. The minimum absolute atomic E-state index is 0.411. The first-order valence-electron chi connectivity index (χ1n) is 6.55. The van der Waals surface area contributed by atoms with Crippen molar-refractivity contribution in [2.45, 2.75) is 38.6 Å². The molecule has 92 valence electrons. The van der Waals surface area contributed by atoms with Crippen LogP contribution in [0.1, 0.15) is 32.6 Å². The average molecular weight is 225 g/mol. The molecule has 2 heterocycles. The summed E-state index contributed by atoms with van der Waals surface area (Å²) in [5.41, 5.74) is 0. The zero-order chi connectivity index (χ0) is 11.2. The normalized spacial score (nSPS) is 24.7. The molecule has 1 atom stereocenters. The van der Waals surface area contributed by atoms with Gasteiger partial charge >= 0.3 is 0 Å². The number of hydrogen-bond donors (Lipinski definition) is 1. The maximum Gasteiger partial charge on any atom is 0.109 e. The molecule has 2 aliphatic rings. The molecule has 1 N–H and O–H groups in total. The first-order valence-corrected chi connectivity index (χ1v) is 6.55. The van der Waals surface area contributed by atoms with Crippen molar-refractivity contribution in [2.24, 2.45) is 5.92 Å². The van der Waals surface area contributed by atoms with E-state index in [4.69, 9.17) is 9.47 Å². The summed E-state index contributed by atoms with van der Waals surface area (Å²) in [6, 6.07) is 0.411. The Balaban J connectivity index is 1.99. The summed E-state index contributed by atoms with van der Waals surface area (Å²) in [6.07, 6.45) is 6.90. The van der Waals surface area contributed by atoms with Crippen LogP contribution in [0.4, 0.5) is 0 Å². The quantitative estimate of drug-likeness (QED) is 0.794. The summed E-state index contributed by atoms with van der Waals surface area (Å²) in [7, 11) is 0. The second-order valence-corrected chi connectivity index (χ2v) is 4.58. The van der Waals surface area contributed by atoms with Crippen molar-refractivity contribution in [1.29, 1.82) is 0 Å². The van der Waals surface area contributed by atoms with Crippen molar-refractivity contribution in [3.8, 4) is 0 Å². The molecule has 0 saturated carbocycles. The van der Waals surface area contributed by atoms with Crippen LogP contribution in [0.3, 0.4) is 0 Å². The van der Waals surface area contributed by atoms with Gasteiger partial charge in [-0.05, 0) is 44.2 Å². The number of likely N-dealkylation sites (N-methyl/N-ethyl adjacent to an activating group) is 1. The van der Waals surface area contributed by atoms with Crippen LogP contribution in [0.25, 0.3) is 0 Å². The molecular formula is C13H23NO2. The average Bonchev–Trinajstić information content (AvgIpc) is 2.38. The lowest BCUT2D eigenvalue weighted by molar-refractivity contribution is 0.0464. The number of nitrogens with one attached hydrogen (secondary N) is 1. The summed E-state index contributed by atoms with van der Waals surface area (Å²) < 4.78 is 11.2. The highest BCUT2D eigenvalue weighted by Gasteiger charge is 2.28. The molecule has 3 nitrogen and oxygen atoms in total. The van der Waals surface area contributed by atoms with Crippen LogP contribution in [0.2, 0.25) is 0 Å². The van der Waals surface area contributed by atoms with Crippen molar-refractivity contribution >= 4 is 0 Å². The maximum absolute atomic E-state index is 5.80. The fraction of sp³-hybridized carbons (Fsp3) is 0.846. The number of allylic oxidation sites excluding steroid dienone is 1. The fourth-order valence-electron chi connectivity index (χ4n) is 2.56. The van der Waals surface area contributed by atoms with E-state index in [-0.39, 0.29) is 0 Å². The molecule has 0 aromatic rings. The van der Waals surface area contributed by atoms with Gasteiger partial charge in [-0.2, -0.15) is 0 Å². The first-order chi connectivity index (χ1) is 7.92. The lowest BCUT2D eigenvalue weighted by Gasteiger charge is -2.33. The summed E-state index contributed by atoms with van der Waals surface area (Å²) in [5.74, 6) is 1.86. The lowest BCUT2D eigenvalue weighted by atomic mass is 9.89. The second kappa shape index (κ2) is 6.26. The van der Waals surface area contributed by atoms with Crippen molar-refractivity contribution in [2.75, 3.05) is 26.4 Å². The topological polar surface area (TPSA) is 30.5 Å². The van der Waals surface area contributed by atoms with Gasteiger partial charge in [0.25, 0.3) is 0 Å². The number of ether oxygens (including phenoxy) is 2. The molecule has 0 bridgehead atoms. The van der Waals surface area contributed by atoms with Crippen molar-refractivity contribution in [3.63, 3.8) is 0 Å². The van der Waals surface area contributed by atoms with E-state index in [9.17, 15) is 0 Å². The van der Waals surface area contributed by atoms with E-state index >= 15 is 0 Å². The molecular weight excluding hydrogens is 202 g/mol. The van der Waals surface area contributed by atoms with E-state index in [1.807, 2.05) is 0 Å². The van der Waals surface area contributed by atoms with Crippen LogP contribution >= 0.6 is 0 Å². The Morgan fingerprint density at radius 2 is 2.19 bits per heavy atom. The van der Waals surface area contributed by atoms with Crippen molar-refractivity contribution in [1.82, 2.24) is 5.32 Å². The van der Waals surface area contributed by atoms with Crippen LogP contribution in [0, 0.1) is 5.92 Å². The van der Waals surface area contributed by atoms with Gasteiger partial charge in [0, 0.05) is 13.2 Å². The zero-order valence-electron chi connectivity index (χ0n) is 10.2. The lowest BCUT2D eigenvalue weighted by Crippen LogP contribution is -2.41. The van der Waals surface area contributed by atoms with Gasteiger partial charge in [0.05, 0.1) is 12.6 Å². The minimum atomic E-state index is 0.411. The van der Waals surface area contributed by atoms with Crippen molar-refractivity contribution in [3.05, 3.63) is 11.8 Å². The number of hydrogen-bond acceptors (Lipinski definition) is 3. The van der Waals surface area contributed by atoms with Gasteiger partial charge in [0.2, 0.25) is 0 Å². The van der Waals surface area contributed by atoms with Crippen molar-refractivity contribution < 1.29 is 9.47 Å². The molecule has 1 saturated heterocycles. The molecule has 0 radical (unpaired) electrons. The van der Waals surface area contributed by atoms with Gasteiger partial charge in [-0.25, -0.2) is 0 Å². The molecule has 2 aliphatic heterocycles. The first kappa shape index (κ1) is 11.9. The smallest absolute Gasteiger partial charge is 0.109 e. The summed E-state index contributed by atoms with van der Waals surface area (Å²) >= 11 is 0. The third-order valence-electron chi connectivity index (χ3n) is 3.43. The van der Waals surface area contributed by atoms with E-state index in [0.717, 1.165) is 45.6 Å². The van der Waals surface area contributed by atoms with E-state index < -0.39 is 0 Å². The van der Waals surface area contributed by atoms with Crippen LogP contribution in [0.5, 0.6) is 0 Å². The monoisotopic (exact) mass is 225 g/mol. The van der Waals surface area contributed by atoms with Crippen LogP contribution < -0.4 is 5.32 Å². The Bertz CT molecular complexity index is 234. The molecule has 2 rings (SSSR count). The maximum atomic E-state index is 5.80. The Morgan fingerprint density at radius 3 is 2.81 bits per heavy atom. The Kier molecular flexibility index (Phi) is 4.67. The predicted octanol–water partition coefficient (Wildman–Crippen LogP) is 2.09. The van der Waals surface area contributed by atoms with Gasteiger partial charge < -0.3 is 14.8 Å². The molecule has 16 heavy (non-hydrogen) atoms. The summed E-state index contributed by atoms with van der Waals surface area (Å²) in [4.78, 5) is 0. The second-order valence-electron chi connectivity index (χ2n) is 4.58. The molecule has 1 fully saturated rings. The van der Waals surface area contributed by atoms with Gasteiger partial charge in [-0.1, -0.05) is 6.92 Å². The van der Waals surface area contributed by atoms with Crippen LogP contribution in [0.15, 0.2) is 11.8 Å². The highest BCUT2D eigenvalue weighted by molar-refractivity contribution is 5.08. The van der Waals surface area contributed by atoms with E-state index in [0.29, 0.717) is 12.0 Å². The molecule has 0 aromatic carbocycles. The van der Waals surface area contributed by atoms with Crippen LogP contribution in [-0.2, 0) is 9.47 Å². The van der Waals surface area contributed by atoms with Gasteiger partial charge in [0.15, 0.2) is 0 Å². The zero-order valence-corrected chi connectivity index (χ0v) is 10.2. The molecule has 0 aromatic heterocycles. The standard InChI is InChI=1S/C13H23NO2/c1-2-14-13(11-6-9-15-10-7-11)12-5-3-4-8-16-12/h5,11,13-14H,2-4,6-10H2,1H3. The van der Waals surface area contributed by atoms with E-state index in [2.05, 4.69) is 18.3 Å². The van der Waals surface area contributed by atoms with E-state index in [1.54, 1.807) is 0 Å². The Morgan fingerprint density at radius 1 is 1.38 bits per heavy atom. The summed E-state index contributed by atoms with van der Waals surface area (Å²) in [5, 5.41) is 3.57. The molecule has 3 heteroatoms. The minimum Gasteiger partial charge on any atom is -0.497 e. The molecule has 0 aliphatic carbocycles. The Hall–Kier alpha value is -0.540.